The van der Waals surface area contributed by atoms with Crippen LogP contribution in [0.15, 0.2) is 18.2 Å². The summed E-state index contributed by atoms with van der Waals surface area (Å²) in [6.45, 7) is 5.13. The topological polar surface area (TPSA) is 41.1 Å². The van der Waals surface area contributed by atoms with Crippen molar-refractivity contribution in [3.63, 3.8) is 0 Å². The van der Waals surface area contributed by atoms with E-state index in [1.807, 2.05) is 12.1 Å². The van der Waals surface area contributed by atoms with E-state index in [9.17, 15) is 4.79 Å². The number of unbranched alkanes of at least 4 members (excludes halogenated alkanes) is 1. The molecule has 0 heterocycles. The van der Waals surface area contributed by atoms with Crippen LogP contribution in [0.2, 0.25) is 5.02 Å². The van der Waals surface area contributed by atoms with Crippen LogP contribution in [0, 0.1) is 11.3 Å². The van der Waals surface area contributed by atoms with Gasteiger partial charge >= 0.3 is 0 Å². The summed E-state index contributed by atoms with van der Waals surface area (Å²) in [6, 6.07) is 5.93. The fraction of sp³-hybridized carbons (Fsp3) is 0.708. The van der Waals surface area contributed by atoms with Gasteiger partial charge < -0.3 is 10.6 Å². The van der Waals surface area contributed by atoms with E-state index in [-0.39, 0.29) is 5.91 Å². The summed E-state index contributed by atoms with van der Waals surface area (Å²) >= 11 is 6.36. The Morgan fingerprint density at radius 1 is 1.18 bits per heavy atom. The number of aryl methyl sites for hydroxylation is 1. The van der Waals surface area contributed by atoms with Crippen LogP contribution in [0.5, 0.6) is 0 Å². The van der Waals surface area contributed by atoms with Crippen molar-refractivity contribution in [1.29, 1.82) is 0 Å². The van der Waals surface area contributed by atoms with Crippen LogP contribution >= 0.6 is 11.6 Å². The lowest BCUT2D eigenvalue weighted by Gasteiger charge is -2.45. The van der Waals surface area contributed by atoms with E-state index in [1.54, 1.807) is 0 Å². The van der Waals surface area contributed by atoms with E-state index in [0.29, 0.717) is 16.0 Å². The lowest BCUT2D eigenvalue weighted by molar-refractivity contribution is 0.0682. The van der Waals surface area contributed by atoms with E-state index in [0.717, 1.165) is 38.4 Å². The maximum atomic E-state index is 12.9. The summed E-state index contributed by atoms with van der Waals surface area (Å²) in [5, 5.41) is 7.27. The molecule has 2 saturated carbocycles. The zero-order chi connectivity index (χ0) is 19.8. The minimum Gasteiger partial charge on any atom is -0.351 e. The highest BCUT2D eigenvalue weighted by Crippen LogP contribution is 2.48. The largest absolute Gasteiger partial charge is 0.351 e. The number of carbonyl (C=O) groups excluding carboxylic acids is 1. The zero-order valence-corrected chi connectivity index (χ0v) is 18.3. The molecule has 28 heavy (non-hydrogen) atoms. The zero-order valence-electron chi connectivity index (χ0n) is 17.5. The normalized spacial score (nSPS) is 24.1. The molecule has 2 aliphatic rings. The van der Waals surface area contributed by atoms with Crippen molar-refractivity contribution in [2.24, 2.45) is 11.3 Å². The van der Waals surface area contributed by atoms with Gasteiger partial charge in [-0.1, -0.05) is 56.7 Å². The van der Waals surface area contributed by atoms with Gasteiger partial charge in [-0.05, 0) is 80.6 Å². The summed E-state index contributed by atoms with van der Waals surface area (Å²) < 4.78 is 0. The second-order valence-corrected chi connectivity index (χ2v) is 9.47. The van der Waals surface area contributed by atoms with Crippen molar-refractivity contribution in [2.75, 3.05) is 19.6 Å². The molecule has 2 aliphatic carbocycles. The number of amides is 1. The van der Waals surface area contributed by atoms with E-state index in [4.69, 9.17) is 11.6 Å². The first-order chi connectivity index (χ1) is 13.6. The lowest BCUT2D eigenvalue weighted by atomic mass is 9.62. The monoisotopic (exact) mass is 404 g/mol. The quantitative estimate of drug-likeness (QED) is 0.487. The first kappa shape index (κ1) is 21.6. The van der Waals surface area contributed by atoms with Crippen molar-refractivity contribution in [1.82, 2.24) is 10.6 Å². The number of benzene rings is 1. The third-order valence-electron chi connectivity index (χ3n) is 6.79. The van der Waals surface area contributed by atoms with Crippen molar-refractivity contribution in [3.8, 4) is 0 Å². The van der Waals surface area contributed by atoms with Crippen molar-refractivity contribution < 1.29 is 4.79 Å². The second kappa shape index (κ2) is 10.6. The average molecular weight is 405 g/mol. The third-order valence-corrected chi connectivity index (χ3v) is 7.12. The molecule has 156 valence electrons. The van der Waals surface area contributed by atoms with Crippen LogP contribution in [0.1, 0.15) is 87.1 Å². The molecule has 2 fully saturated rings. The Morgan fingerprint density at radius 3 is 2.68 bits per heavy atom. The van der Waals surface area contributed by atoms with Gasteiger partial charge in [0.2, 0.25) is 0 Å². The van der Waals surface area contributed by atoms with E-state index in [1.165, 1.54) is 63.4 Å². The molecule has 0 spiro atoms. The van der Waals surface area contributed by atoms with Gasteiger partial charge in [0, 0.05) is 6.54 Å². The molecule has 0 saturated heterocycles. The molecular weight excluding hydrogens is 368 g/mol. The Hall–Kier alpha value is -1.06. The third kappa shape index (κ3) is 5.97. The number of fused-ring (bicyclic) bond motifs is 2. The Balaban J connectivity index is 1.51. The molecule has 2 bridgehead atoms. The van der Waals surface area contributed by atoms with Gasteiger partial charge in [0.1, 0.15) is 0 Å². The minimum absolute atomic E-state index is 0.00464. The predicted octanol–water partition coefficient (Wildman–Crippen LogP) is 5.75. The van der Waals surface area contributed by atoms with Gasteiger partial charge in [0.15, 0.2) is 0 Å². The van der Waals surface area contributed by atoms with Crippen LogP contribution < -0.4 is 10.6 Å². The number of nitrogens with one attached hydrogen (secondary N) is 2. The number of carbonyl (C=O) groups is 1. The Kier molecular flexibility index (Phi) is 8.23. The highest BCUT2D eigenvalue weighted by Gasteiger charge is 2.39. The molecule has 1 amide bonds. The molecule has 0 aliphatic heterocycles. The second-order valence-electron chi connectivity index (χ2n) is 9.06. The SMILES string of the molecule is CCCCNCCCc1ccc(Cl)c(C(=O)NCC23CCCC(CCC2)C3)c1. The molecule has 2 N–H and O–H groups in total. The summed E-state index contributed by atoms with van der Waals surface area (Å²) in [4.78, 5) is 12.9. The molecule has 3 rings (SSSR count). The number of hydrogen-bond acceptors (Lipinski definition) is 2. The van der Waals surface area contributed by atoms with Crippen LogP contribution in [0.25, 0.3) is 0 Å². The van der Waals surface area contributed by atoms with Crippen LogP contribution in [-0.2, 0) is 6.42 Å². The van der Waals surface area contributed by atoms with E-state index < -0.39 is 0 Å². The summed E-state index contributed by atoms with van der Waals surface area (Å²) in [6.07, 6.45) is 13.8. The van der Waals surface area contributed by atoms with Crippen LogP contribution in [0.3, 0.4) is 0 Å². The van der Waals surface area contributed by atoms with Gasteiger partial charge in [0.25, 0.3) is 5.91 Å². The first-order valence-corrected chi connectivity index (χ1v) is 11.8. The molecule has 0 atom stereocenters. The van der Waals surface area contributed by atoms with Gasteiger partial charge in [-0.25, -0.2) is 0 Å². The first-order valence-electron chi connectivity index (χ1n) is 11.4. The Labute approximate surface area is 176 Å². The summed E-state index contributed by atoms with van der Waals surface area (Å²) in [7, 11) is 0. The van der Waals surface area contributed by atoms with Crippen molar-refractivity contribution in [2.45, 2.75) is 77.6 Å². The number of rotatable bonds is 10. The smallest absolute Gasteiger partial charge is 0.252 e. The van der Waals surface area contributed by atoms with Crippen molar-refractivity contribution >= 4 is 17.5 Å². The fourth-order valence-electron chi connectivity index (χ4n) is 5.18. The molecule has 4 heteroatoms. The van der Waals surface area contributed by atoms with E-state index >= 15 is 0 Å². The van der Waals surface area contributed by atoms with Crippen LogP contribution in [-0.4, -0.2) is 25.5 Å². The van der Waals surface area contributed by atoms with E-state index in [2.05, 4.69) is 23.6 Å². The highest BCUT2D eigenvalue weighted by molar-refractivity contribution is 6.33. The predicted molar refractivity (Wildman–Crippen MR) is 118 cm³/mol. The Morgan fingerprint density at radius 2 is 1.93 bits per heavy atom. The molecule has 1 aromatic rings. The maximum absolute atomic E-state index is 12.9. The maximum Gasteiger partial charge on any atom is 0.252 e. The molecular formula is C24H37ClN2O. The highest BCUT2D eigenvalue weighted by atomic mass is 35.5. The van der Waals surface area contributed by atoms with Gasteiger partial charge in [-0.2, -0.15) is 0 Å². The van der Waals surface area contributed by atoms with Crippen LogP contribution in [0.4, 0.5) is 0 Å². The molecule has 3 nitrogen and oxygen atoms in total. The number of halogens is 1. The summed E-state index contributed by atoms with van der Waals surface area (Å²) in [5.41, 5.74) is 2.17. The average Bonchev–Trinajstić information content (AvgIpc) is 2.70. The minimum atomic E-state index is -0.00464. The fourth-order valence-corrected chi connectivity index (χ4v) is 5.38. The number of hydrogen-bond donors (Lipinski definition) is 2. The Bertz CT molecular complexity index is 635. The molecule has 1 aromatic carbocycles. The van der Waals surface area contributed by atoms with Gasteiger partial charge in [-0.3, -0.25) is 4.79 Å². The molecule has 0 aromatic heterocycles. The molecule has 0 unspecified atom stereocenters. The van der Waals surface area contributed by atoms with Gasteiger partial charge in [-0.15, -0.1) is 0 Å². The summed E-state index contributed by atoms with van der Waals surface area (Å²) in [5.74, 6) is 0.882. The van der Waals surface area contributed by atoms with Gasteiger partial charge in [0.05, 0.1) is 10.6 Å². The standard InChI is InChI=1S/C24H37ClN2O/c1-2-3-14-26-15-6-9-19-10-11-22(25)21(16-19)23(28)27-18-24-12-4-7-20(17-24)8-5-13-24/h10-11,16,20,26H,2-9,12-15,17-18H2,1H3,(H,27,28). The molecule has 0 radical (unpaired) electrons. The lowest BCUT2D eigenvalue weighted by Crippen LogP contribution is -2.43. The van der Waals surface area contributed by atoms with Crippen molar-refractivity contribution in [3.05, 3.63) is 34.3 Å².